The molecule has 1 aromatic carbocycles. The SMILES string of the molecule is COC(=O)c1cccc2cc(Cn3cccc(C#N)c3=O)oc12. The highest BCUT2D eigenvalue weighted by atomic mass is 16.5. The fraction of sp³-hybridized carbons (Fsp3) is 0.118. The van der Waals surface area contributed by atoms with Gasteiger partial charge in [0.1, 0.15) is 28.5 Å². The number of nitriles is 1. The zero-order chi connectivity index (χ0) is 16.4. The molecule has 0 saturated heterocycles. The Morgan fingerprint density at radius 2 is 2.17 bits per heavy atom. The van der Waals surface area contributed by atoms with Crippen molar-refractivity contribution in [2.24, 2.45) is 0 Å². The van der Waals surface area contributed by atoms with Crippen LogP contribution in [0.1, 0.15) is 21.7 Å². The number of benzene rings is 1. The first-order valence-electron chi connectivity index (χ1n) is 6.83. The molecule has 0 fully saturated rings. The fourth-order valence-corrected chi connectivity index (χ4v) is 2.38. The molecule has 3 aromatic rings. The largest absolute Gasteiger partial charge is 0.465 e. The second-order valence-corrected chi connectivity index (χ2v) is 4.89. The molecule has 2 aromatic heterocycles. The van der Waals surface area contributed by atoms with Crippen LogP contribution >= 0.6 is 0 Å². The van der Waals surface area contributed by atoms with Crippen LogP contribution in [0.3, 0.4) is 0 Å². The summed E-state index contributed by atoms with van der Waals surface area (Å²) >= 11 is 0. The van der Waals surface area contributed by atoms with Gasteiger partial charge in [0.2, 0.25) is 0 Å². The quantitative estimate of drug-likeness (QED) is 0.693. The van der Waals surface area contributed by atoms with Crippen molar-refractivity contribution in [3.8, 4) is 6.07 Å². The maximum absolute atomic E-state index is 12.1. The van der Waals surface area contributed by atoms with Crippen LogP contribution in [0.2, 0.25) is 0 Å². The molecule has 3 rings (SSSR count). The van der Waals surface area contributed by atoms with Crippen LogP contribution in [0.25, 0.3) is 11.0 Å². The molecule has 0 unspecified atom stereocenters. The number of nitrogens with zero attached hydrogens (tertiary/aromatic N) is 2. The molecule has 0 amide bonds. The van der Waals surface area contributed by atoms with Gasteiger partial charge in [-0.2, -0.15) is 5.26 Å². The molecule has 0 spiro atoms. The monoisotopic (exact) mass is 308 g/mol. The number of carbonyl (C=O) groups excluding carboxylic acids is 1. The van der Waals surface area contributed by atoms with E-state index >= 15 is 0 Å². The molecule has 6 heteroatoms. The fourth-order valence-electron chi connectivity index (χ4n) is 2.38. The van der Waals surface area contributed by atoms with Gasteiger partial charge in [0.15, 0.2) is 0 Å². The third-order valence-corrected chi connectivity index (χ3v) is 3.47. The standard InChI is InChI=1S/C17H12N2O4/c1-22-17(21)14-6-2-4-11-8-13(23-15(11)14)10-19-7-3-5-12(9-18)16(19)20/h2-8H,10H2,1H3. The van der Waals surface area contributed by atoms with E-state index in [9.17, 15) is 9.59 Å². The van der Waals surface area contributed by atoms with E-state index in [2.05, 4.69) is 0 Å². The number of rotatable bonds is 3. The molecule has 6 nitrogen and oxygen atoms in total. The average molecular weight is 308 g/mol. The van der Waals surface area contributed by atoms with E-state index in [1.54, 1.807) is 30.5 Å². The predicted molar refractivity (Wildman–Crippen MR) is 82.1 cm³/mol. The number of methoxy groups -OCH3 is 1. The van der Waals surface area contributed by atoms with E-state index < -0.39 is 5.97 Å². The summed E-state index contributed by atoms with van der Waals surface area (Å²) in [6.45, 7) is 0.170. The number of carbonyl (C=O) groups is 1. The lowest BCUT2D eigenvalue weighted by Crippen LogP contribution is -2.21. The number of para-hydroxylation sites is 1. The van der Waals surface area contributed by atoms with Crippen LogP contribution < -0.4 is 5.56 Å². The summed E-state index contributed by atoms with van der Waals surface area (Å²) in [5, 5.41) is 9.65. The van der Waals surface area contributed by atoms with Crippen molar-refractivity contribution in [1.82, 2.24) is 4.57 Å². The molecule has 0 radical (unpaired) electrons. The zero-order valence-electron chi connectivity index (χ0n) is 12.3. The van der Waals surface area contributed by atoms with Crippen LogP contribution in [0.5, 0.6) is 0 Å². The van der Waals surface area contributed by atoms with Crippen LogP contribution in [-0.4, -0.2) is 17.6 Å². The number of fused-ring (bicyclic) bond motifs is 1. The normalized spacial score (nSPS) is 10.4. The van der Waals surface area contributed by atoms with Crippen molar-refractivity contribution < 1.29 is 13.9 Å². The van der Waals surface area contributed by atoms with Gasteiger partial charge in [-0.1, -0.05) is 12.1 Å². The van der Waals surface area contributed by atoms with Gasteiger partial charge in [-0.25, -0.2) is 4.79 Å². The van der Waals surface area contributed by atoms with Gasteiger partial charge >= 0.3 is 5.97 Å². The average Bonchev–Trinajstić information content (AvgIpc) is 2.98. The van der Waals surface area contributed by atoms with E-state index in [0.717, 1.165) is 5.39 Å². The molecule has 0 bridgehead atoms. The van der Waals surface area contributed by atoms with Gasteiger partial charge in [-0.05, 0) is 24.3 Å². The van der Waals surface area contributed by atoms with E-state index in [1.807, 2.05) is 12.1 Å². The van der Waals surface area contributed by atoms with E-state index in [4.69, 9.17) is 14.4 Å². The minimum atomic E-state index is -0.486. The molecule has 23 heavy (non-hydrogen) atoms. The summed E-state index contributed by atoms with van der Waals surface area (Å²) < 4.78 is 11.8. The number of pyridine rings is 1. The van der Waals surface area contributed by atoms with Crippen LogP contribution in [0.15, 0.2) is 51.8 Å². The first-order valence-corrected chi connectivity index (χ1v) is 6.83. The van der Waals surface area contributed by atoms with Gasteiger partial charge in [-0.3, -0.25) is 4.79 Å². The third-order valence-electron chi connectivity index (χ3n) is 3.47. The van der Waals surface area contributed by atoms with E-state index in [-0.39, 0.29) is 17.7 Å². The minimum Gasteiger partial charge on any atom is -0.465 e. The number of ether oxygens (including phenoxy) is 1. The number of esters is 1. The van der Waals surface area contributed by atoms with Crippen molar-refractivity contribution >= 4 is 16.9 Å². The van der Waals surface area contributed by atoms with E-state index in [0.29, 0.717) is 16.9 Å². The van der Waals surface area contributed by atoms with Gasteiger partial charge < -0.3 is 13.7 Å². The summed E-state index contributed by atoms with van der Waals surface area (Å²) in [5.41, 5.74) is 0.427. The summed E-state index contributed by atoms with van der Waals surface area (Å²) in [6.07, 6.45) is 1.58. The Kier molecular flexibility index (Phi) is 3.69. The molecule has 0 aliphatic heterocycles. The molecule has 0 saturated carbocycles. The topological polar surface area (TPSA) is 85.2 Å². The lowest BCUT2D eigenvalue weighted by molar-refractivity contribution is 0.0601. The predicted octanol–water partition coefficient (Wildman–Crippen LogP) is 2.30. The smallest absolute Gasteiger partial charge is 0.341 e. The number of hydrogen-bond donors (Lipinski definition) is 0. The van der Waals surface area contributed by atoms with Gasteiger partial charge in [0.25, 0.3) is 5.56 Å². The molecule has 0 atom stereocenters. The highest BCUT2D eigenvalue weighted by molar-refractivity contribution is 6.02. The van der Waals surface area contributed by atoms with Crippen molar-refractivity contribution in [2.45, 2.75) is 6.54 Å². The molecular weight excluding hydrogens is 296 g/mol. The highest BCUT2D eigenvalue weighted by Crippen LogP contribution is 2.24. The molecule has 0 aliphatic carbocycles. The molecular formula is C17H12N2O4. The minimum absolute atomic E-state index is 0.0684. The Bertz CT molecular complexity index is 992. The Labute approximate surface area is 131 Å². The Hall–Kier alpha value is -3.33. The van der Waals surface area contributed by atoms with Crippen molar-refractivity contribution in [3.05, 3.63) is 69.8 Å². The van der Waals surface area contributed by atoms with Gasteiger partial charge in [0.05, 0.1) is 13.7 Å². The molecule has 0 aliphatic rings. The van der Waals surface area contributed by atoms with Crippen LogP contribution in [-0.2, 0) is 11.3 Å². The van der Waals surface area contributed by atoms with Crippen molar-refractivity contribution in [2.75, 3.05) is 7.11 Å². The molecule has 0 N–H and O–H groups in total. The maximum Gasteiger partial charge on any atom is 0.341 e. The summed E-state index contributed by atoms with van der Waals surface area (Å²) in [7, 11) is 1.30. The van der Waals surface area contributed by atoms with E-state index in [1.165, 1.54) is 17.7 Å². The first kappa shape index (κ1) is 14.6. The maximum atomic E-state index is 12.1. The summed E-state index contributed by atoms with van der Waals surface area (Å²) in [6, 6.07) is 11.9. The van der Waals surface area contributed by atoms with Crippen molar-refractivity contribution in [1.29, 1.82) is 5.26 Å². The second-order valence-electron chi connectivity index (χ2n) is 4.89. The second kappa shape index (κ2) is 5.81. The van der Waals surface area contributed by atoms with Gasteiger partial charge in [-0.15, -0.1) is 0 Å². The number of furan rings is 1. The highest BCUT2D eigenvalue weighted by Gasteiger charge is 2.15. The van der Waals surface area contributed by atoms with Crippen molar-refractivity contribution in [3.63, 3.8) is 0 Å². The number of hydrogen-bond acceptors (Lipinski definition) is 5. The Balaban J connectivity index is 2.04. The summed E-state index contributed by atoms with van der Waals surface area (Å²) in [4.78, 5) is 23.8. The van der Waals surface area contributed by atoms with Crippen LogP contribution in [0.4, 0.5) is 0 Å². The first-order chi connectivity index (χ1) is 11.1. The van der Waals surface area contributed by atoms with Crippen LogP contribution in [0, 0.1) is 11.3 Å². The third kappa shape index (κ3) is 2.60. The number of aromatic nitrogens is 1. The molecule has 2 heterocycles. The lowest BCUT2D eigenvalue weighted by atomic mass is 10.1. The zero-order valence-corrected chi connectivity index (χ0v) is 12.3. The Morgan fingerprint density at radius 3 is 2.91 bits per heavy atom. The van der Waals surface area contributed by atoms with Gasteiger partial charge in [0, 0.05) is 11.6 Å². The lowest BCUT2D eigenvalue weighted by Gasteiger charge is -2.03. The Morgan fingerprint density at radius 1 is 1.35 bits per heavy atom. The summed E-state index contributed by atoms with van der Waals surface area (Å²) in [5.74, 6) is 0.0219. The molecule has 114 valence electrons.